The lowest BCUT2D eigenvalue weighted by molar-refractivity contribution is -0.123. The number of amides is 1. The number of likely N-dealkylation sites (tertiary alicyclic amines) is 1. The third kappa shape index (κ3) is 3.78. The van der Waals surface area contributed by atoms with E-state index in [4.69, 9.17) is 0 Å². The van der Waals surface area contributed by atoms with Gasteiger partial charge in [0.15, 0.2) is 0 Å². The van der Waals surface area contributed by atoms with E-state index in [9.17, 15) is 4.79 Å². The SMILES string of the molecule is O=C(CC1CNC1)NCC1(N2CCCCC2)CCCCC1. The molecule has 2 aliphatic heterocycles. The molecule has 0 bridgehead atoms. The topological polar surface area (TPSA) is 44.4 Å². The molecule has 3 fully saturated rings. The Morgan fingerprint density at radius 1 is 1.05 bits per heavy atom. The Kier molecular flexibility index (Phi) is 5.17. The molecule has 1 saturated carbocycles. The van der Waals surface area contributed by atoms with Crippen molar-refractivity contribution >= 4 is 5.91 Å². The average molecular weight is 293 g/mol. The molecule has 120 valence electrons. The lowest BCUT2D eigenvalue weighted by atomic mass is 9.79. The average Bonchev–Trinajstić information content (AvgIpc) is 2.51. The summed E-state index contributed by atoms with van der Waals surface area (Å²) in [6.45, 7) is 5.40. The first-order chi connectivity index (χ1) is 10.3. The van der Waals surface area contributed by atoms with Crippen LogP contribution in [0.1, 0.15) is 57.8 Å². The van der Waals surface area contributed by atoms with Gasteiger partial charge in [-0.15, -0.1) is 0 Å². The number of carbonyl (C=O) groups excluding carboxylic acids is 1. The second-order valence-corrected chi connectivity index (χ2v) is 7.34. The summed E-state index contributed by atoms with van der Waals surface area (Å²) in [6.07, 6.45) is 11.4. The fraction of sp³-hybridized carbons (Fsp3) is 0.941. The van der Waals surface area contributed by atoms with Crippen molar-refractivity contribution in [2.75, 3.05) is 32.7 Å². The Hall–Kier alpha value is -0.610. The smallest absolute Gasteiger partial charge is 0.220 e. The predicted molar refractivity (Wildman–Crippen MR) is 85.2 cm³/mol. The van der Waals surface area contributed by atoms with Gasteiger partial charge in [0.25, 0.3) is 0 Å². The summed E-state index contributed by atoms with van der Waals surface area (Å²) in [5.41, 5.74) is 0.270. The van der Waals surface area contributed by atoms with E-state index in [1.165, 1.54) is 64.5 Å². The molecular weight excluding hydrogens is 262 g/mol. The summed E-state index contributed by atoms with van der Waals surface area (Å²) in [5.74, 6) is 0.839. The minimum atomic E-state index is 0.267. The highest BCUT2D eigenvalue weighted by molar-refractivity contribution is 5.76. The molecule has 0 aromatic heterocycles. The zero-order chi connectivity index (χ0) is 14.5. The fourth-order valence-electron chi connectivity index (χ4n) is 4.27. The maximum Gasteiger partial charge on any atom is 0.220 e. The molecule has 1 aliphatic carbocycles. The molecule has 2 saturated heterocycles. The number of hydrogen-bond acceptors (Lipinski definition) is 3. The van der Waals surface area contributed by atoms with Gasteiger partial charge in [0.2, 0.25) is 5.91 Å². The summed E-state index contributed by atoms with van der Waals surface area (Å²) in [5, 5.41) is 6.52. The zero-order valence-corrected chi connectivity index (χ0v) is 13.3. The van der Waals surface area contributed by atoms with Crippen LogP contribution < -0.4 is 10.6 Å². The van der Waals surface area contributed by atoms with Crippen LogP contribution in [0.2, 0.25) is 0 Å². The van der Waals surface area contributed by atoms with E-state index in [0.717, 1.165) is 19.6 Å². The normalized spacial score (nSPS) is 27.0. The first kappa shape index (κ1) is 15.3. The Morgan fingerprint density at radius 2 is 1.71 bits per heavy atom. The van der Waals surface area contributed by atoms with Crippen molar-refractivity contribution in [3.63, 3.8) is 0 Å². The van der Waals surface area contributed by atoms with Crippen LogP contribution in [0.25, 0.3) is 0 Å². The minimum Gasteiger partial charge on any atom is -0.354 e. The van der Waals surface area contributed by atoms with E-state index in [1.807, 2.05) is 0 Å². The van der Waals surface area contributed by atoms with Crippen molar-refractivity contribution in [3.05, 3.63) is 0 Å². The number of piperidine rings is 1. The first-order valence-electron chi connectivity index (χ1n) is 9.01. The van der Waals surface area contributed by atoms with Crippen LogP contribution in [0.4, 0.5) is 0 Å². The summed E-state index contributed by atoms with van der Waals surface area (Å²) in [4.78, 5) is 14.9. The standard InChI is InChI=1S/C17H31N3O/c21-16(11-15-12-18-13-15)19-14-17(7-3-1-4-8-17)20-9-5-2-6-10-20/h15,18H,1-14H2,(H,19,21). The highest BCUT2D eigenvalue weighted by Gasteiger charge is 2.38. The van der Waals surface area contributed by atoms with Crippen molar-refractivity contribution in [1.82, 2.24) is 15.5 Å². The monoisotopic (exact) mass is 293 g/mol. The third-order valence-electron chi connectivity index (χ3n) is 5.77. The molecule has 0 aromatic rings. The third-order valence-corrected chi connectivity index (χ3v) is 5.77. The van der Waals surface area contributed by atoms with Crippen molar-refractivity contribution < 1.29 is 4.79 Å². The van der Waals surface area contributed by atoms with Gasteiger partial charge in [-0.1, -0.05) is 25.7 Å². The van der Waals surface area contributed by atoms with Crippen LogP contribution in [0.3, 0.4) is 0 Å². The summed E-state index contributed by atoms with van der Waals surface area (Å²) >= 11 is 0. The number of carbonyl (C=O) groups is 1. The highest BCUT2D eigenvalue weighted by atomic mass is 16.1. The molecule has 0 unspecified atom stereocenters. The van der Waals surface area contributed by atoms with Gasteiger partial charge in [0, 0.05) is 18.5 Å². The van der Waals surface area contributed by atoms with Crippen LogP contribution in [-0.4, -0.2) is 49.1 Å². The fourth-order valence-corrected chi connectivity index (χ4v) is 4.27. The molecule has 0 radical (unpaired) electrons. The zero-order valence-electron chi connectivity index (χ0n) is 13.3. The van der Waals surface area contributed by atoms with E-state index in [2.05, 4.69) is 15.5 Å². The number of hydrogen-bond donors (Lipinski definition) is 2. The molecule has 0 atom stereocenters. The van der Waals surface area contributed by atoms with Crippen LogP contribution in [0, 0.1) is 5.92 Å². The Bertz CT molecular complexity index is 342. The summed E-state index contributed by atoms with van der Waals surface area (Å²) < 4.78 is 0. The van der Waals surface area contributed by atoms with Gasteiger partial charge in [0.05, 0.1) is 0 Å². The Labute approximate surface area is 129 Å². The molecule has 4 nitrogen and oxygen atoms in total. The summed E-state index contributed by atoms with van der Waals surface area (Å²) in [7, 11) is 0. The van der Waals surface area contributed by atoms with E-state index in [1.54, 1.807) is 0 Å². The number of nitrogens with zero attached hydrogens (tertiary/aromatic N) is 1. The van der Waals surface area contributed by atoms with Gasteiger partial charge in [-0.3, -0.25) is 9.69 Å². The molecule has 0 spiro atoms. The first-order valence-corrected chi connectivity index (χ1v) is 9.01. The minimum absolute atomic E-state index is 0.267. The maximum atomic E-state index is 12.2. The molecule has 2 heterocycles. The maximum absolute atomic E-state index is 12.2. The largest absolute Gasteiger partial charge is 0.354 e. The quantitative estimate of drug-likeness (QED) is 0.814. The van der Waals surface area contributed by atoms with E-state index in [-0.39, 0.29) is 11.4 Å². The molecule has 3 aliphatic rings. The van der Waals surface area contributed by atoms with Crippen molar-refractivity contribution in [2.45, 2.75) is 63.3 Å². The van der Waals surface area contributed by atoms with Crippen molar-refractivity contribution in [2.24, 2.45) is 5.92 Å². The Balaban J connectivity index is 1.54. The van der Waals surface area contributed by atoms with Gasteiger partial charge < -0.3 is 10.6 Å². The molecule has 4 heteroatoms. The molecule has 0 aromatic carbocycles. The van der Waals surface area contributed by atoms with Crippen molar-refractivity contribution in [1.29, 1.82) is 0 Å². The van der Waals surface area contributed by atoms with Crippen molar-refractivity contribution in [3.8, 4) is 0 Å². The van der Waals surface area contributed by atoms with Gasteiger partial charge in [-0.2, -0.15) is 0 Å². The second kappa shape index (κ2) is 7.10. The van der Waals surface area contributed by atoms with Crippen LogP contribution in [-0.2, 0) is 4.79 Å². The molecule has 2 N–H and O–H groups in total. The van der Waals surface area contributed by atoms with E-state index in [0.29, 0.717) is 12.3 Å². The lowest BCUT2D eigenvalue weighted by Gasteiger charge is -2.48. The van der Waals surface area contributed by atoms with Gasteiger partial charge >= 0.3 is 0 Å². The van der Waals surface area contributed by atoms with E-state index >= 15 is 0 Å². The summed E-state index contributed by atoms with van der Waals surface area (Å²) in [6, 6.07) is 0. The molecule has 3 rings (SSSR count). The Morgan fingerprint density at radius 3 is 2.33 bits per heavy atom. The number of rotatable bonds is 5. The lowest BCUT2D eigenvalue weighted by Crippen LogP contribution is -2.58. The van der Waals surface area contributed by atoms with Gasteiger partial charge in [-0.25, -0.2) is 0 Å². The second-order valence-electron chi connectivity index (χ2n) is 7.34. The molecule has 1 amide bonds. The van der Waals surface area contributed by atoms with Crippen LogP contribution in [0.5, 0.6) is 0 Å². The van der Waals surface area contributed by atoms with Crippen LogP contribution in [0.15, 0.2) is 0 Å². The molecule has 21 heavy (non-hydrogen) atoms. The van der Waals surface area contributed by atoms with Crippen LogP contribution >= 0.6 is 0 Å². The van der Waals surface area contributed by atoms with Gasteiger partial charge in [0.1, 0.15) is 0 Å². The van der Waals surface area contributed by atoms with E-state index < -0.39 is 0 Å². The highest BCUT2D eigenvalue weighted by Crippen LogP contribution is 2.35. The number of nitrogens with one attached hydrogen (secondary N) is 2. The molecular formula is C17H31N3O. The predicted octanol–water partition coefficient (Wildman–Crippen LogP) is 1.90. The van der Waals surface area contributed by atoms with Gasteiger partial charge in [-0.05, 0) is 57.8 Å².